The fourth-order valence-electron chi connectivity index (χ4n) is 2.72. The van der Waals surface area contributed by atoms with Crippen molar-refractivity contribution in [1.82, 2.24) is 15.3 Å². The zero-order chi connectivity index (χ0) is 17.8. The van der Waals surface area contributed by atoms with Crippen LogP contribution in [0.2, 0.25) is 0 Å². The number of benzene rings is 1. The molecule has 2 aromatic rings. The maximum absolute atomic E-state index is 13.1. The van der Waals surface area contributed by atoms with Gasteiger partial charge in [-0.25, -0.2) is 14.4 Å². The van der Waals surface area contributed by atoms with Crippen molar-refractivity contribution >= 4 is 11.7 Å². The summed E-state index contributed by atoms with van der Waals surface area (Å²) in [5.74, 6) is 0.408. The molecule has 0 spiro atoms. The molecule has 25 heavy (non-hydrogen) atoms. The standard InChI is InChI=1S/C18H21FN4O2/c1-23(2)17-15(18(24)21-10-14-4-3-9-25-14)11-20-16(22-17)12-5-7-13(19)8-6-12/h5-8,11,14H,3-4,9-10H2,1-2H3,(H,21,24)/t14-/m0/s1. The molecule has 1 aromatic carbocycles. The number of nitrogens with one attached hydrogen (secondary N) is 1. The molecule has 6 nitrogen and oxygen atoms in total. The molecule has 1 saturated heterocycles. The highest BCUT2D eigenvalue weighted by Crippen LogP contribution is 2.21. The Morgan fingerprint density at radius 1 is 1.36 bits per heavy atom. The molecule has 1 amide bonds. The van der Waals surface area contributed by atoms with E-state index >= 15 is 0 Å². The van der Waals surface area contributed by atoms with Crippen molar-refractivity contribution in [2.45, 2.75) is 18.9 Å². The summed E-state index contributed by atoms with van der Waals surface area (Å²) < 4.78 is 18.6. The zero-order valence-electron chi connectivity index (χ0n) is 14.3. The first-order valence-electron chi connectivity index (χ1n) is 8.24. The van der Waals surface area contributed by atoms with E-state index in [1.165, 1.54) is 18.3 Å². The van der Waals surface area contributed by atoms with Gasteiger partial charge in [-0.05, 0) is 37.1 Å². The van der Waals surface area contributed by atoms with Crippen molar-refractivity contribution in [2.75, 3.05) is 32.1 Å². The Balaban J connectivity index is 1.81. The van der Waals surface area contributed by atoms with Gasteiger partial charge in [0, 0.05) is 39.0 Å². The second kappa shape index (κ2) is 7.57. The Labute approximate surface area is 146 Å². The van der Waals surface area contributed by atoms with E-state index in [0.717, 1.165) is 19.4 Å². The van der Waals surface area contributed by atoms with Gasteiger partial charge in [0.1, 0.15) is 17.2 Å². The minimum atomic E-state index is -0.318. The third-order valence-electron chi connectivity index (χ3n) is 4.05. The van der Waals surface area contributed by atoms with Gasteiger partial charge in [0.2, 0.25) is 0 Å². The Morgan fingerprint density at radius 3 is 2.76 bits per heavy atom. The monoisotopic (exact) mass is 344 g/mol. The SMILES string of the molecule is CN(C)c1nc(-c2ccc(F)cc2)ncc1C(=O)NC[C@@H]1CCCO1. The van der Waals surface area contributed by atoms with Gasteiger partial charge >= 0.3 is 0 Å². The van der Waals surface area contributed by atoms with E-state index in [1.807, 2.05) is 14.1 Å². The van der Waals surface area contributed by atoms with E-state index in [1.54, 1.807) is 17.0 Å². The number of halogens is 1. The molecular weight excluding hydrogens is 323 g/mol. The lowest BCUT2D eigenvalue weighted by Gasteiger charge is -2.17. The van der Waals surface area contributed by atoms with Crippen LogP contribution in [0.15, 0.2) is 30.5 Å². The maximum Gasteiger partial charge on any atom is 0.256 e. The zero-order valence-corrected chi connectivity index (χ0v) is 14.3. The number of carbonyl (C=O) groups is 1. The van der Waals surface area contributed by atoms with E-state index < -0.39 is 0 Å². The van der Waals surface area contributed by atoms with Gasteiger partial charge in [-0.1, -0.05) is 0 Å². The number of hydrogen-bond donors (Lipinski definition) is 1. The summed E-state index contributed by atoms with van der Waals surface area (Å²) in [5.41, 5.74) is 1.09. The fourth-order valence-corrected chi connectivity index (χ4v) is 2.72. The van der Waals surface area contributed by atoms with E-state index in [-0.39, 0.29) is 17.8 Å². The number of aromatic nitrogens is 2. The van der Waals surface area contributed by atoms with Crippen molar-refractivity contribution in [3.05, 3.63) is 41.8 Å². The summed E-state index contributed by atoms with van der Waals surface area (Å²) in [6.07, 6.45) is 3.57. The van der Waals surface area contributed by atoms with Gasteiger partial charge in [0.15, 0.2) is 5.82 Å². The second-order valence-corrected chi connectivity index (χ2v) is 6.18. The first kappa shape index (κ1) is 17.3. The summed E-state index contributed by atoms with van der Waals surface area (Å²) in [5, 5.41) is 2.88. The normalized spacial score (nSPS) is 16.7. The molecule has 1 aromatic heterocycles. The van der Waals surface area contributed by atoms with Crippen LogP contribution < -0.4 is 10.2 Å². The molecular formula is C18H21FN4O2. The van der Waals surface area contributed by atoms with Crippen molar-refractivity contribution in [3.8, 4) is 11.4 Å². The largest absolute Gasteiger partial charge is 0.376 e. The Morgan fingerprint density at radius 2 is 2.12 bits per heavy atom. The van der Waals surface area contributed by atoms with Crippen molar-refractivity contribution < 1.29 is 13.9 Å². The van der Waals surface area contributed by atoms with E-state index in [2.05, 4.69) is 15.3 Å². The van der Waals surface area contributed by atoms with E-state index in [0.29, 0.717) is 29.3 Å². The van der Waals surface area contributed by atoms with Crippen LogP contribution in [-0.4, -0.2) is 49.2 Å². The first-order chi connectivity index (χ1) is 12.0. The number of ether oxygens (including phenoxy) is 1. The smallest absolute Gasteiger partial charge is 0.256 e. The van der Waals surface area contributed by atoms with Gasteiger partial charge in [0.05, 0.1) is 6.10 Å². The summed E-state index contributed by atoms with van der Waals surface area (Å²) in [6.45, 7) is 1.23. The molecule has 132 valence electrons. The predicted octanol–water partition coefficient (Wildman–Crippen LogP) is 2.26. The lowest BCUT2D eigenvalue weighted by Crippen LogP contribution is -2.33. The quantitative estimate of drug-likeness (QED) is 0.901. The topological polar surface area (TPSA) is 67.4 Å². The number of anilines is 1. The summed E-state index contributed by atoms with van der Waals surface area (Å²) in [4.78, 5) is 23.0. The van der Waals surface area contributed by atoms with Gasteiger partial charge in [-0.2, -0.15) is 0 Å². The molecule has 1 fully saturated rings. The minimum Gasteiger partial charge on any atom is -0.376 e. The molecule has 1 atom stereocenters. The van der Waals surface area contributed by atoms with Crippen LogP contribution in [-0.2, 0) is 4.74 Å². The van der Waals surface area contributed by atoms with Gasteiger partial charge in [-0.3, -0.25) is 4.79 Å². The second-order valence-electron chi connectivity index (χ2n) is 6.18. The van der Waals surface area contributed by atoms with Crippen molar-refractivity contribution in [2.24, 2.45) is 0 Å². The number of amides is 1. The van der Waals surface area contributed by atoms with Gasteiger partial charge in [0.25, 0.3) is 5.91 Å². The van der Waals surface area contributed by atoms with Crippen molar-refractivity contribution in [1.29, 1.82) is 0 Å². The highest BCUT2D eigenvalue weighted by molar-refractivity contribution is 5.98. The van der Waals surface area contributed by atoms with Crippen LogP contribution in [0, 0.1) is 5.82 Å². The van der Waals surface area contributed by atoms with E-state index in [4.69, 9.17) is 4.74 Å². The third kappa shape index (κ3) is 4.11. The summed E-state index contributed by atoms with van der Waals surface area (Å²) in [7, 11) is 3.63. The summed E-state index contributed by atoms with van der Waals surface area (Å²) in [6, 6.07) is 5.94. The molecule has 0 unspecified atom stereocenters. The van der Waals surface area contributed by atoms with Crippen LogP contribution in [0.3, 0.4) is 0 Å². The Hall–Kier alpha value is -2.54. The molecule has 0 aliphatic carbocycles. The Bertz CT molecular complexity index is 743. The fraction of sp³-hybridized carbons (Fsp3) is 0.389. The average Bonchev–Trinajstić information content (AvgIpc) is 3.13. The molecule has 0 bridgehead atoms. The predicted molar refractivity (Wildman–Crippen MR) is 93.1 cm³/mol. The van der Waals surface area contributed by atoms with Crippen LogP contribution >= 0.6 is 0 Å². The van der Waals surface area contributed by atoms with E-state index in [9.17, 15) is 9.18 Å². The van der Waals surface area contributed by atoms with Crippen LogP contribution in [0.4, 0.5) is 10.2 Å². The molecule has 3 rings (SSSR count). The van der Waals surface area contributed by atoms with Gasteiger partial charge in [-0.15, -0.1) is 0 Å². The Kier molecular flexibility index (Phi) is 5.23. The van der Waals surface area contributed by atoms with Gasteiger partial charge < -0.3 is 15.0 Å². The number of hydrogen-bond acceptors (Lipinski definition) is 5. The lowest BCUT2D eigenvalue weighted by atomic mass is 10.2. The molecule has 0 radical (unpaired) electrons. The first-order valence-corrected chi connectivity index (χ1v) is 8.24. The highest BCUT2D eigenvalue weighted by atomic mass is 19.1. The molecule has 1 N–H and O–H groups in total. The number of rotatable bonds is 5. The molecule has 2 heterocycles. The number of carbonyl (C=O) groups excluding carboxylic acids is 1. The van der Waals surface area contributed by atoms with Crippen LogP contribution in [0.5, 0.6) is 0 Å². The molecule has 7 heteroatoms. The summed E-state index contributed by atoms with van der Waals surface area (Å²) >= 11 is 0. The van der Waals surface area contributed by atoms with Crippen molar-refractivity contribution in [3.63, 3.8) is 0 Å². The molecule has 1 aliphatic rings. The number of nitrogens with zero attached hydrogens (tertiary/aromatic N) is 3. The minimum absolute atomic E-state index is 0.0752. The lowest BCUT2D eigenvalue weighted by molar-refractivity contribution is 0.0857. The highest BCUT2D eigenvalue weighted by Gasteiger charge is 2.20. The molecule has 0 saturated carbocycles. The third-order valence-corrected chi connectivity index (χ3v) is 4.05. The maximum atomic E-state index is 13.1. The average molecular weight is 344 g/mol. The van der Waals surface area contributed by atoms with Crippen LogP contribution in [0.25, 0.3) is 11.4 Å². The molecule has 1 aliphatic heterocycles. The van der Waals surface area contributed by atoms with Crippen LogP contribution in [0.1, 0.15) is 23.2 Å².